The van der Waals surface area contributed by atoms with E-state index < -0.39 is 0 Å². The fraction of sp³-hybridized carbons (Fsp3) is 0.769. The van der Waals surface area contributed by atoms with Gasteiger partial charge in [0.15, 0.2) is 0 Å². The number of nitrogens with zero attached hydrogens (tertiary/aromatic N) is 2. The van der Waals surface area contributed by atoms with E-state index in [4.69, 9.17) is 17.4 Å². The summed E-state index contributed by atoms with van der Waals surface area (Å²) in [5.41, 5.74) is 4.06. The summed E-state index contributed by atoms with van der Waals surface area (Å²) in [6.07, 6.45) is 6.79. The van der Waals surface area contributed by atoms with E-state index in [0.717, 1.165) is 35.5 Å². The maximum Gasteiger partial charge on any atom is 0.0834 e. The number of nitrogens with two attached hydrogens (primary N) is 1. The quantitative estimate of drug-likeness (QED) is 0.637. The first-order valence-corrected chi connectivity index (χ1v) is 7.29. The molecule has 1 heterocycles. The summed E-state index contributed by atoms with van der Waals surface area (Å²) < 4.78 is 2.01. The van der Waals surface area contributed by atoms with E-state index in [1.807, 2.05) is 4.68 Å². The van der Waals surface area contributed by atoms with Crippen LogP contribution < -0.4 is 11.3 Å². The molecule has 3 rings (SSSR count). The standard InChI is InChI=1S/C13H21ClN4/c1-2-3-18-13(11(14)7-16-18)12(17-15)10-5-8-4-9(8)6-10/h7-10,12,17H,2-6,15H2,1H3. The molecule has 2 aliphatic rings. The predicted molar refractivity (Wildman–Crippen MR) is 71.9 cm³/mol. The molecule has 2 fully saturated rings. The van der Waals surface area contributed by atoms with Gasteiger partial charge in [-0.15, -0.1) is 0 Å². The lowest BCUT2D eigenvalue weighted by Crippen LogP contribution is -2.35. The van der Waals surface area contributed by atoms with Gasteiger partial charge in [-0.05, 0) is 43.4 Å². The Bertz CT molecular complexity index is 421. The van der Waals surface area contributed by atoms with Gasteiger partial charge in [-0.25, -0.2) is 0 Å². The van der Waals surface area contributed by atoms with Gasteiger partial charge >= 0.3 is 0 Å². The van der Waals surface area contributed by atoms with Crippen molar-refractivity contribution in [1.29, 1.82) is 0 Å². The molecular weight excluding hydrogens is 248 g/mol. The van der Waals surface area contributed by atoms with Crippen molar-refractivity contribution in [2.45, 2.75) is 45.2 Å². The molecule has 2 saturated carbocycles. The van der Waals surface area contributed by atoms with Gasteiger partial charge in [0.25, 0.3) is 0 Å². The Hall–Kier alpha value is -0.580. The monoisotopic (exact) mass is 268 g/mol. The first-order chi connectivity index (χ1) is 8.74. The number of fused-ring (bicyclic) bond motifs is 1. The van der Waals surface area contributed by atoms with Crippen molar-refractivity contribution < 1.29 is 0 Å². The fourth-order valence-corrected chi connectivity index (χ4v) is 3.80. The predicted octanol–water partition coefficient (Wildman–Crippen LogP) is 2.50. The molecule has 1 aromatic rings. The average molecular weight is 269 g/mol. The molecule has 1 aromatic heterocycles. The Labute approximate surface area is 113 Å². The Morgan fingerprint density at radius 1 is 1.50 bits per heavy atom. The van der Waals surface area contributed by atoms with Crippen molar-refractivity contribution in [2.75, 3.05) is 0 Å². The zero-order chi connectivity index (χ0) is 12.7. The van der Waals surface area contributed by atoms with Crippen LogP contribution >= 0.6 is 11.6 Å². The molecule has 0 aromatic carbocycles. The molecule has 0 radical (unpaired) electrons. The molecule has 2 aliphatic carbocycles. The van der Waals surface area contributed by atoms with E-state index in [-0.39, 0.29) is 6.04 Å². The van der Waals surface area contributed by atoms with Crippen molar-refractivity contribution in [2.24, 2.45) is 23.6 Å². The fourth-order valence-electron chi connectivity index (χ4n) is 3.54. The molecule has 5 heteroatoms. The summed E-state index contributed by atoms with van der Waals surface area (Å²) in [5.74, 6) is 8.30. The van der Waals surface area contributed by atoms with E-state index in [9.17, 15) is 0 Å². The van der Waals surface area contributed by atoms with Gasteiger partial charge in [-0.1, -0.05) is 18.5 Å². The second-order valence-electron chi connectivity index (χ2n) is 5.73. The number of hydrazine groups is 1. The topological polar surface area (TPSA) is 55.9 Å². The Morgan fingerprint density at radius 2 is 2.22 bits per heavy atom. The van der Waals surface area contributed by atoms with Gasteiger partial charge in [0.05, 0.1) is 23.0 Å². The highest BCUT2D eigenvalue weighted by atomic mass is 35.5. The Morgan fingerprint density at radius 3 is 2.83 bits per heavy atom. The second-order valence-corrected chi connectivity index (χ2v) is 6.14. The third kappa shape index (κ3) is 2.06. The molecule has 18 heavy (non-hydrogen) atoms. The lowest BCUT2D eigenvalue weighted by molar-refractivity contribution is 0.325. The number of hydrogen-bond donors (Lipinski definition) is 2. The highest BCUT2D eigenvalue weighted by Gasteiger charge is 2.48. The van der Waals surface area contributed by atoms with Gasteiger partial charge in [-0.2, -0.15) is 5.10 Å². The van der Waals surface area contributed by atoms with Crippen LogP contribution in [0.15, 0.2) is 6.20 Å². The number of aryl methyl sites for hydroxylation is 1. The summed E-state index contributed by atoms with van der Waals surface area (Å²) in [7, 11) is 0. The molecule has 3 N–H and O–H groups in total. The van der Waals surface area contributed by atoms with E-state index in [0.29, 0.717) is 5.92 Å². The summed E-state index contributed by atoms with van der Waals surface area (Å²) in [4.78, 5) is 0. The third-order valence-corrected chi connectivity index (χ3v) is 4.79. The first kappa shape index (κ1) is 12.5. The third-order valence-electron chi connectivity index (χ3n) is 4.49. The average Bonchev–Trinajstić information content (AvgIpc) is 2.81. The normalized spacial score (nSPS) is 31.4. The molecule has 3 atom stereocenters. The minimum Gasteiger partial charge on any atom is -0.271 e. The van der Waals surface area contributed by atoms with E-state index >= 15 is 0 Å². The SMILES string of the molecule is CCCn1ncc(Cl)c1C(NN)C1CC2CC2C1. The molecule has 0 saturated heterocycles. The van der Waals surface area contributed by atoms with Gasteiger partial charge in [0.1, 0.15) is 0 Å². The van der Waals surface area contributed by atoms with Gasteiger partial charge < -0.3 is 0 Å². The minimum absolute atomic E-state index is 0.152. The van der Waals surface area contributed by atoms with Crippen molar-refractivity contribution in [1.82, 2.24) is 15.2 Å². The van der Waals surface area contributed by atoms with Gasteiger partial charge in [-0.3, -0.25) is 16.0 Å². The van der Waals surface area contributed by atoms with Crippen LogP contribution in [0.3, 0.4) is 0 Å². The van der Waals surface area contributed by atoms with Crippen molar-refractivity contribution in [3.8, 4) is 0 Å². The summed E-state index contributed by atoms with van der Waals surface area (Å²) in [6.45, 7) is 3.05. The van der Waals surface area contributed by atoms with Crippen LogP contribution in [0.2, 0.25) is 5.02 Å². The number of hydrogen-bond acceptors (Lipinski definition) is 3. The number of rotatable bonds is 5. The van der Waals surface area contributed by atoms with E-state index in [1.165, 1.54) is 19.3 Å². The van der Waals surface area contributed by atoms with Crippen molar-refractivity contribution in [3.63, 3.8) is 0 Å². The summed E-state index contributed by atoms with van der Waals surface area (Å²) in [6, 6.07) is 0.152. The largest absolute Gasteiger partial charge is 0.271 e. The highest BCUT2D eigenvalue weighted by molar-refractivity contribution is 6.31. The molecule has 0 bridgehead atoms. The molecule has 0 amide bonds. The van der Waals surface area contributed by atoms with Crippen molar-refractivity contribution in [3.05, 3.63) is 16.9 Å². The summed E-state index contributed by atoms with van der Waals surface area (Å²) in [5, 5.41) is 5.11. The zero-order valence-corrected chi connectivity index (χ0v) is 11.5. The molecule has 4 nitrogen and oxygen atoms in total. The zero-order valence-electron chi connectivity index (χ0n) is 10.8. The molecule has 0 spiro atoms. The Balaban J connectivity index is 1.83. The van der Waals surface area contributed by atoms with Crippen LogP contribution in [-0.4, -0.2) is 9.78 Å². The maximum atomic E-state index is 6.30. The lowest BCUT2D eigenvalue weighted by atomic mass is 9.92. The number of aromatic nitrogens is 2. The van der Waals surface area contributed by atoms with Crippen molar-refractivity contribution >= 4 is 11.6 Å². The minimum atomic E-state index is 0.152. The van der Waals surface area contributed by atoms with E-state index in [2.05, 4.69) is 17.4 Å². The van der Waals surface area contributed by atoms with Crippen LogP contribution in [-0.2, 0) is 6.54 Å². The van der Waals surface area contributed by atoms with Crippen LogP contribution in [0.1, 0.15) is 44.3 Å². The van der Waals surface area contributed by atoms with E-state index in [1.54, 1.807) is 6.20 Å². The van der Waals surface area contributed by atoms with Gasteiger partial charge in [0, 0.05) is 6.54 Å². The number of nitrogens with one attached hydrogen (secondary N) is 1. The Kier molecular flexibility index (Phi) is 3.34. The first-order valence-electron chi connectivity index (χ1n) is 6.91. The maximum absolute atomic E-state index is 6.30. The molecule has 3 unspecified atom stereocenters. The van der Waals surface area contributed by atoms with Crippen LogP contribution in [0, 0.1) is 17.8 Å². The lowest BCUT2D eigenvalue weighted by Gasteiger charge is -2.25. The highest BCUT2D eigenvalue weighted by Crippen LogP contribution is 2.57. The second kappa shape index (κ2) is 4.83. The van der Waals surface area contributed by atoms with Gasteiger partial charge in [0.2, 0.25) is 0 Å². The molecule has 0 aliphatic heterocycles. The van der Waals surface area contributed by atoms with Crippen LogP contribution in [0.4, 0.5) is 0 Å². The smallest absolute Gasteiger partial charge is 0.0834 e. The molecule has 100 valence electrons. The van der Waals surface area contributed by atoms with Crippen LogP contribution in [0.5, 0.6) is 0 Å². The summed E-state index contributed by atoms with van der Waals surface area (Å²) >= 11 is 6.30. The number of halogens is 1. The van der Waals surface area contributed by atoms with Crippen LogP contribution in [0.25, 0.3) is 0 Å². The molecular formula is C13H21ClN4.